The van der Waals surface area contributed by atoms with Crippen molar-refractivity contribution in [3.63, 3.8) is 0 Å². The number of H-pyrrole nitrogens is 1. The molecular weight excluding hydrogens is 627 g/mol. The lowest BCUT2D eigenvalue weighted by Crippen LogP contribution is -2.32. The minimum atomic E-state index is -0.193. The van der Waals surface area contributed by atoms with Crippen LogP contribution in [0.1, 0.15) is 53.2 Å². The van der Waals surface area contributed by atoms with Crippen molar-refractivity contribution in [2.75, 3.05) is 10.2 Å². The van der Waals surface area contributed by atoms with E-state index in [4.69, 9.17) is 9.73 Å². The maximum Gasteiger partial charge on any atom is 0.196 e. The SMILES string of the molecule is C1=CC2c3c(ccc4c3OC(c3ccccc3)N4)N(C3=CCC(C4=NC(c5ccncc5)=CC(c5ccc(-c6cc[nH]c6)cc5)C4)C=C3)C2C=C1. The number of nitrogens with zero attached hydrogens (tertiary/aromatic N) is 3. The molecule has 0 saturated carbocycles. The molecule has 0 fully saturated rings. The molecule has 51 heavy (non-hydrogen) atoms. The largest absolute Gasteiger partial charge is 0.464 e. The van der Waals surface area contributed by atoms with Gasteiger partial charge in [0, 0.05) is 76.3 Å². The van der Waals surface area contributed by atoms with Crippen LogP contribution in [0.25, 0.3) is 16.8 Å². The van der Waals surface area contributed by atoms with Crippen LogP contribution in [0.4, 0.5) is 11.4 Å². The molecule has 2 N–H and O–H groups in total. The van der Waals surface area contributed by atoms with Crippen LogP contribution in [0.3, 0.4) is 0 Å². The van der Waals surface area contributed by atoms with E-state index in [0.29, 0.717) is 0 Å². The van der Waals surface area contributed by atoms with E-state index in [1.807, 2.05) is 30.9 Å². The Morgan fingerprint density at radius 2 is 1.63 bits per heavy atom. The first-order chi connectivity index (χ1) is 25.3. The number of anilines is 2. The molecule has 248 valence electrons. The van der Waals surface area contributed by atoms with E-state index in [9.17, 15) is 0 Å². The molecule has 0 spiro atoms. The highest BCUT2D eigenvalue weighted by molar-refractivity contribution is 5.96. The summed E-state index contributed by atoms with van der Waals surface area (Å²) < 4.78 is 6.68. The van der Waals surface area contributed by atoms with E-state index in [2.05, 4.69) is 148 Å². The van der Waals surface area contributed by atoms with Gasteiger partial charge in [-0.3, -0.25) is 9.98 Å². The van der Waals surface area contributed by atoms with E-state index in [1.54, 1.807) is 0 Å². The lowest BCUT2D eigenvalue weighted by Gasteiger charge is -2.32. The van der Waals surface area contributed by atoms with E-state index < -0.39 is 0 Å². The number of benzene rings is 3. The summed E-state index contributed by atoms with van der Waals surface area (Å²) in [6.45, 7) is 0. The van der Waals surface area contributed by atoms with E-state index >= 15 is 0 Å². The molecule has 2 aliphatic carbocycles. The van der Waals surface area contributed by atoms with Gasteiger partial charge in [-0.2, -0.15) is 0 Å². The van der Waals surface area contributed by atoms with E-state index in [1.165, 1.54) is 39.3 Å². The summed E-state index contributed by atoms with van der Waals surface area (Å²) in [5, 5.41) is 3.62. The molecule has 2 aromatic heterocycles. The second-order valence-corrected chi connectivity index (χ2v) is 13.8. The van der Waals surface area contributed by atoms with Crippen LogP contribution in [0.2, 0.25) is 0 Å². The summed E-state index contributed by atoms with van der Waals surface area (Å²) in [5.41, 5.74) is 12.9. The topological polar surface area (TPSA) is 65.5 Å². The first kappa shape index (κ1) is 29.7. The third kappa shape index (κ3) is 5.26. The minimum Gasteiger partial charge on any atom is -0.464 e. The van der Waals surface area contributed by atoms with Gasteiger partial charge < -0.3 is 19.9 Å². The number of hydrogen-bond donors (Lipinski definition) is 2. The Balaban J connectivity index is 0.938. The van der Waals surface area contributed by atoms with Gasteiger partial charge in [0.2, 0.25) is 0 Å². The molecule has 5 aromatic rings. The van der Waals surface area contributed by atoms with Crippen LogP contribution in [0.15, 0.2) is 169 Å². The maximum atomic E-state index is 6.68. The molecule has 10 rings (SSSR count). The Hall–Kier alpha value is -6.14. The number of ether oxygens (including phenoxy) is 1. The van der Waals surface area contributed by atoms with Crippen LogP contribution < -0.4 is 15.0 Å². The first-order valence-electron chi connectivity index (χ1n) is 17.9. The Morgan fingerprint density at radius 1 is 0.765 bits per heavy atom. The van der Waals surface area contributed by atoms with Gasteiger partial charge in [0.25, 0.3) is 0 Å². The Labute approximate surface area is 297 Å². The zero-order chi connectivity index (χ0) is 33.7. The van der Waals surface area contributed by atoms with Crippen LogP contribution in [0.5, 0.6) is 5.75 Å². The van der Waals surface area contributed by atoms with Crippen molar-refractivity contribution in [3.05, 3.63) is 186 Å². The highest BCUT2D eigenvalue weighted by atomic mass is 16.5. The van der Waals surface area contributed by atoms with Crippen molar-refractivity contribution in [2.45, 2.75) is 36.9 Å². The third-order valence-electron chi connectivity index (χ3n) is 10.9. The number of aromatic nitrogens is 2. The molecule has 6 nitrogen and oxygen atoms in total. The van der Waals surface area contributed by atoms with Gasteiger partial charge in [0.05, 0.1) is 17.4 Å². The molecule has 0 radical (unpaired) electrons. The standard InChI is InChI=1S/C45H37N5O/c1-2-6-33(7-3-1)45-49-38-18-19-42-43(44(38)51-45)37-8-4-5-9-41(37)50(42)36-16-14-31(15-17-36)39-26-35(27-40(48-39)32-20-23-46-24-21-32)30-12-10-29(11-13-30)34-22-25-47-28-34/h1-14,16-25,27-28,31,35,37,41,45,47,49H,15,26H2. The average molecular weight is 664 g/mol. The fourth-order valence-electron chi connectivity index (χ4n) is 8.32. The summed E-state index contributed by atoms with van der Waals surface area (Å²) in [7, 11) is 0. The molecule has 5 heterocycles. The van der Waals surface area contributed by atoms with Gasteiger partial charge in [-0.15, -0.1) is 0 Å². The average Bonchev–Trinajstić information content (AvgIpc) is 3.97. The van der Waals surface area contributed by atoms with Crippen molar-refractivity contribution >= 4 is 22.8 Å². The fraction of sp³-hybridized carbons (Fsp3) is 0.156. The fourth-order valence-corrected chi connectivity index (χ4v) is 8.32. The number of pyridine rings is 1. The maximum absolute atomic E-state index is 6.68. The number of hydrogen-bond acceptors (Lipinski definition) is 5. The molecule has 5 unspecified atom stereocenters. The van der Waals surface area contributed by atoms with Crippen LogP contribution >= 0.6 is 0 Å². The quantitative estimate of drug-likeness (QED) is 0.190. The molecule has 3 aromatic carbocycles. The predicted octanol–water partition coefficient (Wildman–Crippen LogP) is 10.1. The van der Waals surface area contributed by atoms with Crippen molar-refractivity contribution < 1.29 is 4.74 Å². The van der Waals surface area contributed by atoms with E-state index in [-0.39, 0.29) is 30.0 Å². The first-order valence-corrected chi connectivity index (χ1v) is 17.9. The number of allylic oxidation sites excluding steroid dienone is 6. The second-order valence-electron chi connectivity index (χ2n) is 13.8. The third-order valence-corrected chi connectivity index (χ3v) is 10.9. The molecule has 5 aliphatic rings. The molecular formula is C45H37N5O. The number of nitrogens with one attached hydrogen (secondary N) is 2. The number of aliphatic imine (C=N–C) groups is 1. The highest BCUT2D eigenvalue weighted by Crippen LogP contribution is 2.55. The Morgan fingerprint density at radius 3 is 2.43 bits per heavy atom. The van der Waals surface area contributed by atoms with Gasteiger partial charge in [0.1, 0.15) is 0 Å². The summed E-state index contributed by atoms with van der Waals surface area (Å²) >= 11 is 0. The minimum absolute atomic E-state index is 0.190. The van der Waals surface area contributed by atoms with Crippen molar-refractivity contribution in [2.24, 2.45) is 10.9 Å². The summed E-state index contributed by atoms with van der Waals surface area (Å²) in [6, 6.07) is 30.3. The lowest BCUT2D eigenvalue weighted by atomic mass is 9.82. The number of fused-ring (bicyclic) bond motifs is 5. The van der Waals surface area contributed by atoms with Crippen LogP contribution in [0, 0.1) is 5.92 Å². The Kier molecular flexibility index (Phi) is 7.19. The van der Waals surface area contributed by atoms with Gasteiger partial charge in [-0.25, -0.2) is 0 Å². The van der Waals surface area contributed by atoms with Gasteiger partial charge in [0.15, 0.2) is 12.0 Å². The number of rotatable bonds is 6. The van der Waals surface area contributed by atoms with E-state index in [0.717, 1.165) is 41.1 Å². The van der Waals surface area contributed by atoms with Crippen molar-refractivity contribution in [1.82, 2.24) is 9.97 Å². The molecule has 6 heteroatoms. The van der Waals surface area contributed by atoms with Gasteiger partial charge >= 0.3 is 0 Å². The molecule has 0 bridgehead atoms. The summed E-state index contributed by atoms with van der Waals surface area (Å²) in [5.74, 6) is 1.64. The zero-order valence-electron chi connectivity index (χ0n) is 28.1. The monoisotopic (exact) mass is 663 g/mol. The van der Waals surface area contributed by atoms with Gasteiger partial charge in [-0.1, -0.05) is 97.1 Å². The van der Waals surface area contributed by atoms with Gasteiger partial charge in [-0.05, 0) is 65.9 Å². The molecule has 0 saturated heterocycles. The zero-order valence-corrected chi connectivity index (χ0v) is 28.1. The number of aromatic amines is 1. The summed E-state index contributed by atoms with van der Waals surface area (Å²) in [6.07, 6.45) is 27.8. The molecule has 0 amide bonds. The lowest BCUT2D eigenvalue weighted by molar-refractivity contribution is 0.257. The summed E-state index contributed by atoms with van der Waals surface area (Å²) in [4.78, 5) is 15.3. The molecule has 3 aliphatic heterocycles. The van der Waals surface area contributed by atoms with Crippen LogP contribution in [-0.4, -0.2) is 21.7 Å². The van der Waals surface area contributed by atoms with Crippen LogP contribution in [-0.2, 0) is 0 Å². The normalized spacial score (nSPS) is 24.1. The highest BCUT2D eigenvalue weighted by Gasteiger charge is 2.43. The second kappa shape index (κ2) is 12.3. The predicted molar refractivity (Wildman–Crippen MR) is 206 cm³/mol. The molecule has 5 atom stereocenters. The van der Waals surface area contributed by atoms with Crippen molar-refractivity contribution in [3.8, 4) is 16.9 Å². The van der Waals surface area contributed by atoms with Crippen molar-refractivity contribution in [1.29, 1.82) is 0 Å². The smallest absolute Gasteiger partial charge is 0.196 e. The Bertz CT molecular complexity index is 2280.